The number of nitro benzene ring substituents is 1. The van der Waals surface area contributed by atoms with E-state index in [2.05, 4.69) is 10.5 Å². The zero-order chi connectivity index (χ0) is 16.2. The Kier molecular flexibility index (Phi) is 4.49. The van der Waals surface area contributed by atoms with Crippen molar-refractivity contribution in [1.82, 2.24) is 0 Å². The van der Waals surface area contributed by atoms with Gasteiger partial charge < -0.3 is 0 Å². The molecular formula is C13H11N3O5S. The summed E-state index contributed by atoms with van der Waals surface area (Å²) >= 11 is 0. The van der Waals surface area contributed by atoms with Crippen LogP contribution in [-0.2, 0) is 10.1 Å². The molecular weight excluding hydrogens is 310 g/mol. The van der Waals surface area contributed by atoms with E-state index < -0.39 is 15.0 Å². The predicted octanol–water partition coefficient (Wildman–Crippen LogP) is 2.29. The molecule has 8 nitrogen and oxygen atoms in total. The van der Waals surface area contributed by atoms with Gasteiger partial charge in [0.1, 0.15) is 0 Å². The Morgan fingerprint density at radius 1 is 1.18 bits per heavy atom. The average Bonchev–Trinajstić information content (AvgIpc) is 2.47. The van der Waals surface area contributed by atoms with Crippen LogP contribution in [-0.4, -0.2) is 24.1 Å². The Morgan fingerprint density at radius 2 is 1.86 bits per heavy atom. The van der Waals surface area contributed by atoms with Crippen LogP contribution in [0.3, 0.4) is 0 Å². The summed E-state index contributed by atoms with van der Waals surface area (Å²) in [5.74, 6) is 0. The summed E-state index contributed by atoms with van der Waals surface area (Å²) in [7, 11) is -4.23. The number of nitro groups is 1. The molecule has 2 rings (SSSR count). The van der Waals surface area contributed by atoms with Crippen molar-refractivity contribution in [3.05, 3.63) is 64.2 Å². The highest BCUT2D eigenvalue weighted by atomic mass is 32.2. The minimum absolute atomic E-state index is 0.0403. The lowest BCUT2D eigenvalue weighted by Crippen LogP contribution is -1.98. The number of hydrogen-bond donors (Lipinski definition) is 2. The van der Waals surface area contributed by atoms with Gasteiger partial charge in [-0.1, -0.05) is 12.1 Å². The first-order valence-electron chi connectivity index (χ1n) is 5.97. The number of rotatable bonds is 5. The van der Waals surface area contributed by atoms with Crippen LogP contribution in [0.4, 0.5) is 11.4 Å². The highest BCUT2D eigenvalue weighted by Crippen LogP contribution is 2.14. The Labute approximate surface area is 126 Å². The molecule has 0 saturated carbocycles. The van der Waals surface area contributed by atoms with Crippen LogP contribution in [0, 0.1) is 10.1 Å². The van der Waals surface area contributed by atoms with Gasteiger partial charge in [0.2, 0.25) is 0 Å². The molecule has 0 aliphatic heterocycles. The predicted molar refractivity (Wildman–Crippen MR) is 80.6 cm³/mol. The van der Waals surface area contributed by atoms with Crippen molar-refractivity contribution in [2.75, 3.05) is 5.43 Å². The molecule has 0 aromatic heterocycles. The van der Waals surface area contributed by atoms with E-state index in [9.17, 15) is 18.5 Å². The second-order valence-corrected chi connectivity index (χ2v) is 5.64. The third kappa shape index (κ3) is 4.11. The second kappa shape index (κ2) is 6.33. The molecule has 0 saturated heterocycles. The van der Waals surface area contributed by atoms with Gasteiger partial charge in [0.15, 0.2) is 0 Å². The third-order valence-corrected chi connectivity index (χ3v) is 3.51. The maximum atomic E-state index is 10.9. The number of hydrazone groups is 1. The standard InChI is InChI=1S/C13H11N3O5S/c17-16(18)12-3-1-2-10(8-12)9-14-15-11-4-6-13(7-5-11)22(19,20)21/h1-9,15H,(H,19,20,21)/b14-9-. The summed E-state index contributed by atoms with van der Waals surface area (Å²) in [6.45, 7) is 0. The van der Waals surface area contributed by atoms with E-state index in [0.717, 1.165) is 0 Å². The highest BCUT2D eigenvalue weighted by molar-refractivity contribution is 7.85. The lowest BCUT2D eigenvalue weighted by molar-refractivity contribution is -0.384. The van der Waals surface area contributed by atoms with Gasteiger partial charge in [-0.3, -0.25) is 20.1 Å². The van der Waals surface area contributed by atoms with Crippen LogP contribution >= 0.6 is 0 Å². The van der Waals surface area contributed by atoms with E-state index >= 15 is 0 Å². The molecule has 2 N–H and O–H groups in total. The third-order valence-electron chi connectivity index (χ3n) is 2.64. The van der Waals surface area contributed by atoms with E-state index in [-0.39, 0.29) is 10.6 Å². The molecule has 9 heteroatoms. The zero-order valence-electron chi connectivity index (χ0n) is 11.1. The van der Waals surface area contributed by atoms with E-state index in [1.54, 1.807) is 12.1 Å². The van der Waals surface area contributed by atoms with E-state index in [0.29, 0.717) is 11.3 Å². The minimum atomic E-state index is -4.23. The van der Waals surface area contributed by atoms with E-state index in [4.69, 9.17) is 4.55 Å². The summed E-state index contributed by atoms with van der Waals surface area (Å²) in [6, 6.07) is 11.2. The average molecular weight is 321 g/mol. The number of nitrogens with one attached hydrogen (secondary N) is 1. The summed E-state index contributed by atoms with van der Waals surface area (Å²) in [6.07, 6.45) is 1.39. The van der Waals surface area contributed by atoms with Crippen LogP contribution < -0.4 is 5.43 Å². The maximum absolute atomic E-state index is 10.9. The normalized spacial score (nSPS) is 11.5. The molecule has 2 aromatic carbocycles. The summed E-state index contributed by atoms with van der Waals surface area (Å²) in [4.78, 5) is 9.91. The van der Waals surface area contributed by atoms with Crippen LogP contribution in [0.5, 0.6) is 0 Å². The van der Waals surface area contributed by atoms with Crippen molar-refractivity contribution >= 4 is 27.7 Å². The van der Waals surface area contributed by atoms with Crippen molar-refractivity contribution in [2.45, 2.75) is 4.90 Å². The van der Waals surface area contributed by atoms with Crippen molar-refractivity contribution in [2.24, 2.45) is 5.10 Å². The van der Waals surface area contributed by atoms with Crippen LogP contribution in [0.1, 0.15) is 5.56 Å². The van der Waals surface area contributed by atoms with Crippen molar-refractivity contribution in [3.8, 4) is 0 Å². The number of non-ortho nitro benzene ring substituents is 1. The maximum Gasteiger partial charge on any atom is 0.294 e. The minimum Gasteiger partial charge on any atom is -0.282 e. The van der Waals surface area contributed by atoms with E-state index in [1.165, 1.54) is 42.6 Å². The number of nitrogens with zero attached hydrogens (tertiary/aromatic N) is 2. The number of benzene rings is 2. The molecule has 114 valence electrons. The molecule has 0 atom stereocenters. The monoisotopic (exact) mass is 321 g/mol. The number of anilines is 1. The van der Waals surface area contributed by atoms with Crippen LogP contribution in [0.25, 0.3) is 0 Å². The number of hydrogen-bond acceptors (Lipinski definition) is 6. The zero-order valence-corrected chi connectivity index (χ0v) is 11.9. The SMILES string of the molecule is O=[N+]([O-])c1cccc(/C=N\Nc2ccc(S(=O)(=O)O)cc2)c1. The molecule has 0 spiro atoms. The van der Waals surface area contributed by atoms with Crippen LogP contribution in [0.15, 0.2) is 58.5 Å². The lowest BCUT2D eigenvalue weighted by atomic mass is 10.2. The van der Waals surface area contributed by atoms with Crippen molar-refractivity contribution in [3.63, 3.8) is 0 Å². The molecule has 0 heterocycles. The lowest BCUT2D eigenvalue weighted by Gasteiger charge is -2.01. The van der Waals surface area contributed by atoms with Gasteiger partial charge in [0, 0.05) is 17.7 Å². The smallest absolute Gasteiger partial charge is 0.282 e. The fourth-order valence-electron chi connectivity index (χ4n) is 1.60. The Balaban J connectivity index is 2.06. The highest BCUT2D eigenvalue weighted by Gasteiger charge is 2.08. The topological polar surface area (TPSA) is 122 Å². The second-order valence-electron chi connectivity index (χ2n) is 4.22. The quantitative estimate of drug-likeness (QED) is 0.377. The summed E-state index contributed by atoms with van der Waals surface area (Å²) in [5, 5.41) is 14.5. The first-order chi connectivity index (χ1) is 10.4. The van der Waals surface area contributed by atoms with Crippen molar-refractivity contribution in [1.29, 1.82) is 0 Å². The van der Waals surface area contributed by atoms with Gasteiger partial charge in [0.05, 0.1) is 21.7 Å². The Morgan fingerprint density at radius 3 is 2.45 bits per heavy atom. The molecule has 0 fully saturated rings. The fraction of sp³-hybridized carbons (Fsp3) is 0. The van der Waals surface area contributed by atoms with Gasteiger partial charge in [0.25, 0.3) is 15.8 Å². The molecule has 22 heavy (non-hydrogen) atoms. The largest absolute Gasteiger partial charge is 0.294 e. The van der Waals surface area contributed by atoms with Gasteiger partial charge in [-0.2, -0.15) is 13.5 Å². The van der Waals surface area contributed by atoms with Gasteiger partial charge in [-0.15, -0.1) is 0 Å². The van der Waals surface area contributed by atoms with E-state index in [1.807, 2.05) is 0 Å². The molecule has 0 unspecified atom stereocenters. The molecule has 0 aliphatic carbocycles. The van der Waals surface area contributed by atoms with Crippen molar-refractivity contribution < 1.29 is 17.9 Å². The van der Waals surface area contributed by atoms with Gasteiger partial charge in [-0.25, -0.2) is 0 Å². The van der Waals surface area contributed by atoms with Crippen LogP contribution in [0.2, 0.25) is 0 Å². The van der Waals surface area contributed by atoms with Gasteiger partial charge in [-0.05, 0) is 24.3 Å². The van der Waals surface area contributed by atoms with Gasteiger partial charge >= 0.3 is 0 Å². The fourth-order valence-corrected chi connectivity index (χ4v) is 2.08. The molecule has 0 amide bonds. The summed E-state index contributed by atoms with van der Waals surface area (Å²) < 4.78 is 30.6. The molecule has 0 aliphatic rings. The molecule has 0 radical (unpaired) electrons. The summed E-state index contributed by atoms with van der Waals surface area (Å²) in [5.41, 5.74) is 3.64. The molecule has 0 bridgehead atoms. The Hall–Kier alpha value is -2.78. The first-order valence-corrected chi connectivity index (χ1v) is 7.41. The first kappa shape index (κ1) is 15.6. The Bertz CT molecular complexity index is 816. The molecule has 2 aromatic rings.